The summed E-state index contributed by atoms with van der Waals surface area (Å²) in [5.74, 6) is 1.65. The number of carbonyl (C=O) groups excluding carboxylic acids is 1. The van der Waals surface area contributed by atoms with Crippen molar-refractivity contribution in [1.82, 2.24) is 0 Å². The Bertz CT molecular complexity index is 429. The Morgan fingerprint density at radius 2 is 1.45 bits per heavy atom. The van der Waals surface area contributed by atoms with Crippen LogP contribution in [0.3, 0.4) is 0 Å². The molecule has 0 aromatic heterocycles. The topological polar surface area (TPSA) is 35.5 Å². The van der Waals surface area contributed by atoms with Crippen LogP contribution in [0, 0.1) is 5.41 Å². The lowest BCUT2D eigenvalue weighted by Gasteiger charge is -2.16. The van der Waals surface area contributed by atoms with E-state index < -0.39 is 0 Å². The standard InChI is InChI=1S/C19H30O3/c1-5-6-7-8-9-14-21-16-10-12-17(13-11-16)22-15-18(20)19(2,3)4/h10-13H,5-9,14-15H2,1-4H3. The summed E-state index contributed by atoms with van der Waals surface area (Å²) in [7, 11) is 0. The molecule has 0 saturated heterocycles. The van der Waals surface area contributed by atoms with Crippen molar-refractivity contribution in [3.8, 4) is 11.5 Å². The molecule has 0 fully saturated rings. The van der Waals surface area contributed by atoms with Crippen molar-refractivity contribution in [2.75, 3.05) is 13.2 Å². The van der Waals surface area contributed by atoms with Gasteiger partial charge in [0.1, 0.15) is 18.1 Å². The number of hydrogen-bond acceptors (Lipinski definition) is 3. The van der Waals surface area contributed by atoms with E-state index in [1.165, 1.54) is 25.7 Å². The SMILES string of the molecule is CCCCCCCOc1ccc(OCC(=O)C(C)(C)C)cc1. The largest absolute Gasteiger partial charge is 0.494 e. The minimum Gasteiger partial charge on any atom is -0.494 e. The van der Waals surface area contributed by atoms with Gasteiger partial charge in [-0.15, -0.1) is 0 Å². The third-order valence-corrected chi connectivity index (χ3v) is 3.55. The Kier molecular flexibility index (Phi) is 8.00. The third-order valence-electron chi connectivity index (χ3n) is 3.55. The summed E-state index contributed by atoms with van der Waals surface area (Å²) < 4.78 is 11.2. The van der Waals surface area contributed by atoms with Crippen LogP contribution in [-0.4, -0.2) is 19.0 Å². The number of ether oxygens (including phenoxy) is 2. The van der Waals surface area contributed by atoms with Gasteiger partial charge in [-0.2, -0.15) is 0 Å². The lowest BCUT2D eigenvalue weighted by molar-refractivity contribution is -0.128. The molecule has 1 aromatic rings. The van der Waals surface area contributed by atoms with Gasteiger partial charge in [0.25, 0.3) is 0 Å². The lowest BCUT2D eigenvalue weighted by Crippen LogP contribution is -2.26. The zero-order valence-corrected chi connectivity index (χ0v) is 14.5. The fourth-order valence-electron chi connectivity index (χ4n) is 1.89. The van der Waals surface area contributed by atoms with Crippen molar-refractivity contribution in [2.24, 2.45) is 5.41 Å². The van der Waals surface area contributed by atoms with E-state index in [-0.39, 0.29) is 17.8 Å². The van der Waals surface area contributed by atoms with E-state index in [2.05, 4.69) is 6.92 Å². The molecular formula is C19H30O3. The van der Waals surface area contributed by atoms with Gasteiger partial charge < -0.3 is 9.47 Å². The first kappa shape index (κ1) is 18.5. The maximum Gasteiger partial charge on any atom is 0.175 e. The molecule has 0 radical (unpaired) electrons. The number of rotatable bonds is 10. The molecule has 0 amide bonds. The van der Waals surface area contributed by atoms with Crippen molar-refractivity contribution in [1.29, 1.82) is 0 Å². The van der Waals surface area contributed by atoms with E-state index in [9.17, 15) is 4.79 Å². The van der Waals surface area contributed by atoms with Gasteiger partial charge in [-0.05, 0) is 30.7 Å². The molecule has 22 heavy (non-hydrogen) atoms. The minimum absolute atomic E-state index is 0.0971. The second-order valence-corrected chi connectivity index (χ2v) is 6.70. The summed E-state index contributed by atoms with van der Waals surface area (Å²) in [6.45, 7) is 8.78. The van der Waals surface area contributed by atoms with Gasteiger partial charge in [0, 0.05) is 5.41 Å². The van der Waals surface area contributed by atoms with E-state index in [0.29, 0.717) is 5.75 Å². The summed E-state index contributed by atoms with van der Waals surface area (Å²) in [5.41, 5.74) is -0.360. The van der Waals surface area contributed by atoms with Gasteiger partial charge >= 0.3 is 0 Å². The van der Waals surface area contributed by atoms with Gasteiger partial charge in [0.05, 0.1) is 6.61 Å². The summed E-state index contributed by atoms with van der Waals surface area (Å²) in [5, 5.41) is 0. The van der Waals surface area contributed by atoms with Crippen LogP contribution in [0.5, 0.6) is 11.5 Å². The van der Waals surface area contributed by atoms with Gasteiger partial charge in [0.15, 0.2) is 5.78 Å². The van der Waals surface area contributed by atoms with Crippen LogP contribution in [0.15, 0.2) is 24.3 Å². The van der Waals surface area contributed by atoms with Crippen LogP contribution < -0.4 is 9.47 Å². The molecule has 0 bridgehead atoms. The van der Waals surface area contributed by atoms with E-state index in [1.54, 1.807) is 0 Å². The number of unbranched alkanes of at least 4 members (excludes halogenated alkanes) is 4. The molecule has 0 saturated carbocycles. The number of ketones is 1. The van der Waals surface area contributed by atoms with E-state index in [1.807, 2.05) is 45.0 Å². The minimum atomic E-state index is -0.360. The van der Waals surface area contributed by atoms with Crippen LogP contribution in [0.2, 0.25) is 0 Å². The molecular weight excluding hydrogens is 276 g/mol. The molecule has 0 aliphatic heterocycles. The quantitative estimate of drug-likeness (QED) is 0.569. The van der Waals surface area contributed by atoms with Crippen LogP contribution >= 0.6 is 0 Å². The molecule has 0 N–H and O–H groups in total. The van der Waals surface area contributed by atoms with E-state index in [0.717, 1.165) is 18.8 Å². The Morgan fingerprint density at radius 1 is 0.909 bits per heavy atom. The Morgan fingerprint density at radius 3 is 2.00 bits per heavy atom. The number of carbonyl (C=O) groups is 1. The zero-order chi connectivity index (χ0) is 16.4. The van der Waals surface area contributed by atoms with E-state index in [4.69, 9.17) is 9.47 Å². The number of hydrogen-bond donors (Lipinski definition) is 0. The summed E-state index contributed by atoms with van der Waals surface area (Å²) in [6.07, 6.45) is 6.18. The first-order valence-corrected chi connectivity index (χ1v) is 8.32. The number of Topliss-reactive ketones (excluding diaryl/α,β-unsaturated/α-hetero) is 1. The first-order chi connectivity index (χ1) is 10.4. The van der Waals surface area contributed by atoms with Gasteiger partial charge in [-0.3, -0.25) is 4.79 Å². The molecule has 3 heteroatoms. The average molecular weight is 306 g/mol. The highest BCUT2D eigenvalue weighted by Gasteiger charge is 2.21. The smallest absolute Gasteiger partial charge is 0.175 e. The molecule has 0 spiro atoms. The Labute approximate surface area is 135 Å². The van der Waals surface area contributed by atoms with Crippen molar-refractivity contribution in [3.63, 3.8) is 0 Å². The highest BCUT2D eigenvalue weighted by molar-refractivity contribution is 5.85. The molecule has 1 aromatic carbocycles. The second-order valence-electron chi connectivity index (χ2n) is 6.70. The van der Waals surface area contributed by atoms with Crippen molar-refractivity contribution < 1.29 is 14.3 Å². The van der Waals surface area contributed by atoms with E-state index >= 15 is 0 Å². The van der Waals surface area contributed by atoms with Crippen LogP contribution in [-0.2, 0) is 4.79 Å². The fourth-order valence-corrected chi connectivity index (χ4v) is 1.89. The second kappa shape index (κ2) is 9.50. The zero-order valence-electron chi connectivity index (χ0n) is 14.5. The fraction of sp³-hybridized carbons (Fsp3) is 0.632. The molecule has 0 heterocycles. The van der Waals surface area contributed by atoms with Crippen molar-refractivity contribution in [3.05, 3.63) is 24.3 Å². The predicted octanol–water partition coefficient (Wildman–Crippen LogP) is 5.03. The third kappa shape index (κ3) is 7.48. The first-order valence-electron chi connectivity index (χ1n) is 8.32. The van der Waals surface area contributed by atoms with Gasteiger partial charge in [0.2, 0.25) is 0 Å². The maximum absolute atomic E-state index is 11.8. The molecule has 0 aliphatic carbocycles. The Hall–Kier alpha value is -1.51. The van der Waals surface area contributed by atoms with Crippen LogP contribution in [0.25, 0.3) is 0 Å². The molecule has 1 rings (SSSR count). The lowest BCUT2D eigenvalue weighted by atomic mass is 9.91. The van der Waals surface area contributed by atoms with Crippen molar-refractivity contribution >= 4 is 5.78 Å². The average Bonchev–Trinajstić information content (AvgIpc) is 2.48. The summed E-state index contributed by atoms with van der Waals surface area (Å²) in [6, 6.07) is 7.48. The normalized spacial score (nSPS) is 11.3. The van der Waals surface area contributed by atoms with Gasteiger partial charge in [-0.1, -0.05) is 53.4 Å². The predicted molar refractivity (Wildman–Crippen MR) is 90.7 cm³/mol. The molecule has 0 aliphatic rings. The summed E-state index contributed by atoms with van der Waals surface area (Å²) in [4.78, 5) is 11.8. The highest BCUT2D eigenvalue weighted by atomic mass is 16.5. The van der Waals surface area contributed by atoms with Gasteiger partial charge in [-0.25, -0.2) is 0 Å². The summed E-state index contributed by atoms with van der Waals surface area (Å²) >= 11 is 0. The van der Waals surface area contributed by atoms with Crippen molar-refractivity contribution in [2.45, 2.75) is 59.8 Å². The van der Waals surface area contributed by atoms with Crippen LogP contribution in [0.4, 0.5) is 0 Å². The molecule has 124 valence electrons. The molecule has 0 unspecified atom stereocenters. The molecule has 0 atom stereocenters. The molecule has 3 nitrogen and oxygen atoms in total. The number of benzene rings is 1. The Balaban J connectivity index is 2.27. The maximum atomic E-state index is 11.8. The highest BCUT2D eigenvalue weighted by Crippen LogP contribution is 2.20. The monoisotopic (exact) mass is 306 g/mol. The van der Waals surface area contributed by atoms with Crippen LogP contribution in [0.1, 0.15) is 59.8 Å².